The van der Waals surface area contributed by atoms with Crippen molar-refractivity contribution in [2.24, 2.45) is 0 Å². The van der Waals surface area contributed by atoms with E-state index >= 15 is 0 Å². The van der Waals surface area contributed by atoms with Gasteiger partial charge in [-0.05, 0) is 48.5 Å². The Balaban J connectivity index is 0. The number of phenols is 4. The zero-order chi connectivity index (χ0) is 20.5. The van der Waals surface area contributed by atoms with E-state index in [2.05, 4.69) is 0 Å². The number of rotatable bonds is 0. The van der Waals surface area contributed by atoms with Crippen molar-refractivity contribution in [3.8, 4) is 23.0 Å². The summed E-state index contributed by atoms with van der Waals surface area (Å²) in [6.07, 6.45) is 0. The Kier molecular flexibility index (Phi) is 19.6. The third kappa shape index (κ3) is 17.6. The van der Waals surface area contributed by atoms with Crippen LogP contribution in [0.5, 0.6) is 23.0 Å². The first-order valence-electron chi connectivity index (χ1n) is 8.54. The first kappa shape index (κ1) is 29.7. The largest absolute Gasteiger partial charge is 0.508 e. The average molecular weight is 472 g/mol. The molecule has 0 bridgehead atoms. The van der Waals surface area contributed by atoms with Gasteiger partial charge in [0, 0.05) is 43.4 Å². The molecule has 0 aliphatic carbocycles. The minimum Gasteiger partial charge on any atom is -0.508 e. The van der Waals surface area contributed by atoms with Crippen LogP contribution in [0.2, 0.25) is 0 Å². The molecule has 0 saturated heterocycles. The average Bonchev–Trinajstić information content (AvgIpc) is 2.72. The third-order valence-electron chi connectivity index (χ3n) is 3.02. The number of hydrogen-bond acceptors (Lipinski definition) is 4. The van der Waals surface area contributed by atoms with E-state index in [1.165, 1.54) is 0 Å². The van der Waals surface area contributed by atoms with Gasteiger partial charge < -0.3 is 20.4 Å². The molecular formula is C24H24O4Ti2. The molecule has 4 rings (SSSR count). The molecule has 30 heavy (non-hydrogen) atoms. The maximum absolute atomic E-state index is 8.63. The predicted molar refractivity (Wildman–Crippen MR) is 112 cm³/mol. The van der Waals surface area contributed by atoms with Crippen molar-refractivity contribution in [2.45, 2.75) is 0 Å². The molecule has 4 N–H and O–H groups in total. The van der Waals surface area contributed by atoms with Gasteiger partial charge in [-0.25, -0.2) is 0 Å². The fraction of sp³-hybridized carbons (Fsp3) is 0. The van der Waals surface area contributed by atoms with Crippen molar-refractivity contribution >= 4 is 0 Å². The predicted octanol–water partition coefficient (Wildman–Crippen LogP) is 5.56. The van der Waals surface area contributed by atoms with Gasteiger partial charge >= 0.3 is 0 Å². The Hall–Kier alpha value is -2.49. The van der Waals surface area contributed by atoms with Crippen LogP contribution in [0, 0.1) is 0 Å². The van der Waals surface area contributed by atoms with Gasteiger partial charge in [0.1, 0.15) is 23.0 Å². The van der Waals surface area contributed by atoms with E-state index in [0.717, 1.165) is 0 Å². The van der Waals surface area contributed by atoms with E-state index in [1.807, 2.05) is 24.3 Å². The summed E-state index contributed by atoms with van der Waals surface area (Å²) in [5.74, 6) is 1.29. The molecule has 4 aromatic carbocycles. The maximum Gasteiger partial charge on any atom is 0.115 e. The van der Waals surface area contributed by atoms with E-state index in [1.54, 1.807) is 97.1 Å². The maximum atomic E-state index is 8.63. The van der Waals surface area contributed by atoms with Crippen molar-refractivity contribution in [1.29, 1.82) is 0 Å². The van der Waals surface area contributed by atoms with Crippen molar-refractivity contribution < 1.29 is 63.9 Å². The van der Waals surface area contributed by atoms with Crippen LogP contribution in [-0.4, -0.2) is 20.4 Å². The van der Waals surface area contributed by atoms with Gasteiger partial charge in [0.05, 0.1) is 0 Å². The quantitative estimate of drug-likeness (QED) is 0.253. The summed E-state index contributed by atoms with van der Waals surface area (Å²) in [5.41, 5.74) is 0. The molecule has 0 spiro atoms. The van der Waals surface area contributed by atoms with Crippen LogP contribution in [0.3, 0.4) is 0 Å². The second-order valence-electron chi connectivity index (χ2n) is 5.34. The molecule has 4 nitrogen and oxygen atoms in total. The molecule has 0 unspecified atom stereocenters. The normalized spacial score (nSPS) is 8.00. The summed E-state index contributed by atoms with van der Waals surface area (Å²) in [7, 11) is 0. The second kappa shape index (κ2) is 19.8. The van der Waals surface area contributed by atoms with Crippen molar-refractivity contribution in [1.82, 2.24) is 0 Å². The summed E-state index contributed by atoms with van der Waals surface area (Å²) < 4.78 is 0. The van der Waals surface area contributed by atoms with E-state index in [0.29, 0.717) is 23.0 Å². The van der Waals surface area contributed by atoms with Gasteiger partial charge in [-0.15, -0.1) is 0 Å². The van der Waals surface area contributed by atoms with Crippen molar-refractivity contribution in [3.05, 3.63) is 121 Å². The van der Waals surface area contributed by atoms with Crippen LogP contribution in [0.15, 0.2) is 121 Å². The van der Waals surface area contributed by atoms with E-state index < -0.39 is 0 Å². The number of phenolic OH excluding ortho intramolecular Hbond substituents is 4. The van der Waals surface area contributed by atoms with Crippen LogP contribution >= 0.6 is 0 Å². The summed E-state index contributed by atoms with van der Waals surface area (Å²) in [6.45, 7) is 0. The second-order valence-corrected chi connectivity index (χ2v) is 5.34. The topological polar surface area (TPSA) is 80.9 Å². The molecule has 0 aliphatic heterocycles. The minimum atomic E-state index is 0. The molecule has 0 radical (unpaired) electrons. The minimum absolute atomic E-state index is 0. The summed E-state index contributed by atoms with van der Waals surface area (Å²) in [5, 5.41) is 34.5. The molecule has 0 saturated carbocycles. The van der Waals surface area contributed by atoms with Crippen molar-refractivity contribution in [3.63, 3.8) is 0 Å². The zero-order valence-electron chi connectivity index (χ0n) is 16.3. The van der Waals surface area contributed by atoms with Gasteiger partial charge in [0.25, 0.3) is 0 Å². The van der Waals surface area contributed by atoms with Gasteiger partial charge in [-0.2, -0.15) is 0 Å². The molecule has 0 aliphatic rings. The van der Waals surface area contributed by atoms with Crippen LogP contribution in [0.25, 0.3) is 0 Å². The van der Waals surface area contributed by atoms with Crippen LogP contribution in [0.1, 0.15) is 0 Å². The molecule has 0 amide bonds. The Morgan fingerprint density at radius 3 is 0.467 bits per heavy atom. The number of aromatic hydroxyl groups is 4. The number of benzene rings is 4. The summed E-state index contributed by atoms with van der Waals surface area (Å²) >= 11 is 0. The standard InChI is InChI=1S/4C6H6O.2Ti/c4*7-6-4-2-1-3-5-6;;/h4*1-5,7H;;. The van der Waals surface area contributed by atoms with Crippen molar-refractivity contribution in [2.75, 3.05) is 0 Å². The zero-order valence-corrected chi connectivity index (χ0v) is 19.5. The van der Waals surface area contributed by atoms with Gasteiger partial charge in [0.15, 0.2) is 0 Å². The fourth-order valence-corrected chi connectivity index (χ4v) is 1.71. The van der Waals surface area contributed by atoms with Gasteiger partial charge in [0.2, 0.25) is 0 Å². The van der Waals surface area contributed by atoms with E-state index in [4.69, 9.17) is 20.4 Å². The monoisotopic (exact) mass is 472 g/mol. The van der Waals surface area contributed by atoms with Gasteiger partial charge in [-0.3, -0.25) is 0 Å². The van der Waals surface area contributed by atoms with Gasteiger partial charge in [-0.1, -0.05) is 72.8 Å². The first-order valence-corrected chi connectivity index (χ1v) is 8.54. The Morgan fingerprint density at radius 1 is 0.267 bits per heavy atom. The molecular weight excluding hydrogens is 448 g/mol. The molecule has 6 heteroatoms. The molecule has 0 fully saturated rings. The SMILES string of the molecule is Oc1ccccc1.Oc1ccccc1.Oc1ccccc1.Oc1ccccc1.[Ti].[Ti]. The van der Waals surface area contributed by atoms with E-state index in [-0.39, 0.29) is 43.4 Å². The first-order chi connectivity index (χ1) is 13.6. The number of para-hydroxylation sites is 4. The molecule has 152 valence electrons. The summed E-state index contributed by atoms with van der Waals surface area (Å²) in [4.78, 5) is 0. The van der Waals surface area contributed by atoms with Crippen LogP contribution in [0.4, 0.5) is 0 Å². The Bertz CT molecular complexity index is 697. The molecule has 0 aromatic heterocycles. The van der Waals surface area contributed by atoms with Crippen LogP contribution < -0.4 is 0 Å². The third-order valence-corrected chi connectivity index (χ3v) is 3.02. The molecule has 0 atom stereocenters. The molecule has 0 heterocycles. The fourth-order valence-electron chi connectivity index (χ4n) is 1.71. The Labute approximate surface area is 207 Å². The smallest absolute Gasteiger partial charge is 0.115 e. The summed E-state index contributed by atoms with van der Waals surface area (Å²) in [6, 6.07) is 34.9. The molecule has 4 aromatic rings. The Morgan fingerprint density at radius 2 is 0.400 bits per heavy atom. The van der Waals surface area contributed by atoms with E-state index in [9.17, 15) is 0 Å². The number of hydrogen-bond donors (Lipinski definition) is 4. The van der Waals surface area contributed by atoms with Crippen LogP contribution in [-0.2, 0) is 43.4 Å².